The lowest BCUT2D eigenvalue weighted by Gasteiger charge is -2.14. The van der Waals surface area contributed by atoms with E-state index in [0.29, 0.717) is 16.5 Å². The second kappa shape index (κ2) is 11.5. The number of nitrogens with zero attached hydrogens (tertiary/aromatic N) is 2. The van der Waals surface area contributed by atoms with Crippen molar-refractivity contribution in [1.29, 1.82) is 0 Å². The summed E-state index contributed by atoms with van der Waals surface area (Å²) < 4.78 is 33.4. The van der Waals surface area contributed by atoms with Crippen LogP contribution >= 0.6 is 0 Å². The van der Waals surface area contributed by atoms with Crippen molar-refractivity contribution >= 4 is 43.6 Å². The number of aromatic nitrogens is 2. The molecule has 0 aliphatic rings. The van der Waals surface area contributed by atoms with Crippen LogP contribution < -0.4 is 0 Å². The Hall–Kier alpha value is -6.64. The lowest BCUT2D eigenvalue weighted by atomic mass is 9.99. The number of hydrogen-bond donors (Lipinski definition) is 0. The smallest absolute Gasteiger partial charge is 0.0645 e. The molecule has 0 atom stereocenters. The van der Waals surface area contributed by atoms with Gasteiger partial charge in [-0.15, -0.1) is 0 Å². The lowest BCUT2D eigenvalue weighted by Crippen LogP contribution is -1.97. The van der Waals surface area contributed by atoms with Crippen LogP contribution in [0, 0.1) is 0 Å². The van der Waals surface area contributed by atoms with E-state index >= 15 is 0 Å². The van der Waals surface area contributed by atoms with Gasteiger partial charge in [-0.3, -0.25) is 0 Å². The molecule has 10 aromatic rings. The minimum absolute atomic E-state index is 0.0415. The third-order valence-electron chi connectivity index (χ3n) is 9.84. The Labute approximate surface area is 294 Å². The monoisotopic (exact) mass is 639 g/mol. The zero-order valence-electron chi connectivity index (χ0n) is 30.1. The minimum atomic E-state index is 0.0415. The molecule has 0 amide bonds. The van der Waals surface area contributed by atoms with Crippen LogP contribution in [0.15, 0.2) is 194 Å². The molecule has 0 aliphatic carbocycles. The predicted molar refractivity (Wildman–Crippen MR) is 211 cm³/mol. The van der Waals surface area contributed by atoms with E-state index in [2.05, 4.69) is 112 Å². The molecule has 0 aliphatic heterocycles. The molecule has 2 nitrogen and oxygen atoms in total. The Morgan fingerprint density at radius 2 is 0.980 bits per heavy atom. The second-order valence-corrected chi connectivity index (χ2v) is 12.7. The molecule has 50 heavy (non-hydrogen) atoms. The van der Waals surface area contributed by atoms with Gasteiger partial charge in [-0.1, -0.05) is 146 Å². The van der Waals surface area contributed by atoms with E-state index in [-0.39, 0.29) is 18.1 Å². The van der Waals surface area contributed by atoms with Crippen molar-refractivity contribution in [3.63, 3.8) is 0 Å². The highest BCUT2D eigenvalue weighted by Gasteiger charge is 2.19. The third-order valence-corrected chi connectivity index (χ3v) is 9.84. The standard InChI is InChI=1S/C48H32N2/c1-4-15-33(16-5-1)38-21-10-12-25-44(38)50-45-26-13-11-22-40(45)42-31-35(28-30-47(42)50)36-27-29-46-43(32-36)41-24-14-23-39(34-17-6-2-7-18-34)48(41)49(46)37-19-8-3-9-20-37/h1-32H/i28D,30D,31D. The molecular formula is C48H32N2. The van der Waals surface area contributed by atoms with Gasteiger partial charge in [-0.2, -0.15) is 0 Å². The highest BCUT2D eigenvalue weighted by molar-refractivity contribution is 6.15. The Bertz CT molecular complexity index is 3020. The van der Waals surface area contributed by atoms with E-state index in [1.54, 1.807) is 0 Å². The average molecular weight is 640 g/mol. The van der Waals surface area contributed by atoms with Crippen molar-refractivity contribution in [2.24, 2.45) is 0 Å². The van der Waals surface area contributed by atoms with Gasteiger partial charge in [-0.25, -0.2) is 0 Å². The van der Waals surface area contributed by atoms with E-state index < -0.39 is 0 Å². The topological polar surface area (TPSA) is 9.86 Å². The van der Waals surface area contributed by atoms with E-state index in [9.17, 15) is 4.11 Å². The summed E-state index contributed by atoms with van der Waals surface area (Å²) in [4.78, 5) is 0. The number of para-hydroxylation sites is 4. The molecule has 8 aromatic carbocycles. The van der Waals surface area contributed by atoms with Gasteiger partial charge in [0.1, 0.15) is 0 Å². The van der Waals surface area contributed by atoms with Gasteiger partial charge in [0.25, 0.3) is 0 Å². The number of hydrogen-bond acceptors (Lipinski definition) is 0. The maximum Gasteiger partial charge on any atom is 0.0645 e. The van der Waals surface area contributed by atoms with Crippen LogP contribution in [-0.4, -0.2) is 9.13 Å². The first-order chi connectivity index (χ1) is 26.1. The fraction of sp³-hybridized carbons (Fsp3) is 0. The van der Waals surface area contributed by atoms with Crippen molar-refractivity contribution in [2.45, 2.75) is 0 Å². The van der Waals surface area contributed by atoms with Crippen LogP contribution in [0.1, 0.15) is 4.11 Å². The van der Waals surface area contributed by atoms with Crippen LogP contribution in [0.5, 0.6) is 0 Å². The molecule has 0 bridgehead atoms. The summed E-state index contributed by atoms with van der Waals surface area (Å²) in [5.41, 5.74) is 11.1. The molecule has 234 valence electrons. The van der Waals surface area contributed by atoms with E-state index in [1.165, 1.54) is 0 Å². The molecule has 2 heteroatoms. The van der Waals surface area contributed by atoms with E-state index in [0.717, 1.165) is 71.9 Å². The van der Waals surface area contributed by atoms with Crippen molar-refractivity contribution in [2.75, 3.05) is 0 Å². The Balaban J connectivity index is 1.26. The van der Waals surface area contributed by atoms with E-state index in [1.807, 2.05) is 72.8 Å². The molecule has 0 spiro atoms. The van der Waals surface area contributed by atoms with Crippen LogP contribution in [0.25, 0.3) is 88.4 Å². The van der Waals surface area contributed by atoms with Gasteiger partial charge in [0.05, 0.1) is 31.9 Å². The van der Waals surface area contributed by atoms with Crippen LogP contribution in [-0.2, 0) is 0 Å². The molecule has 2 heterocycles. The number of benzene rings is 8. The summed E-state index contributed by atoms with van der Waals surface area (Å²) in [5, 5.41) is 3.69. The van der Waals surface area contributed by atoms with Crippen molar-refractivity contribution in [3.05, 3.63) is 194 Å². The fourth-order valence-corrected chi connectivity index (χ4v) is 7.61. The van der Waals surface area contributed by atoms with Crippen molar-refractivity contribution in [1.82, 2.24) is 9.13 Å². The molecule has 0 fully saturated rings. The summed E-state index contributed by atoms with van der Waals surface area (Å²) in [7, 11) is 0. The number of rotatable bonds is 5. The van der Waals surface area contributed by atoms with Gasteiger partial charge in [0.2, 0.25) is 0 Å². The maximum atomic E-state index is 9.83. The molecule has 0 unspecified atom stereocenters. The Kier molecular flexibility index (Phi) is 5.84. The molecular weight excluding hydrogens is 605 g/mol. The van der Waals surface area contributed by atoms with Crippen LogP contribution in [0.4, 0.5) is 0 Å². The highest BCUT2D eigenvalue weighted by atomic mass is 15.0. The summed E-state index contributed by atoms with van der Waals surface area (Å²) in [6.45, 7) is 0. The lowest BCUT2D eigenvalue weighted by molar-refractivity contribution is 1.18. The predicted octanol–water partition coefficient (Wildman–Crippen LogP) is 12.9. The summed E-state index contributed by atoms with van der Waals surface area (Å²) in [6, 6.07) is 60.5. The van der Waals surface area contributed by atoms with Gasteiger partial charge < -0.3 is 9.13 Å². The molecule has 0 saturated carbocycles. The minimum Gasteiger partial charge on any atom is -0.309 e. The van der Waals surface area contributed by atoms with Crippen LogP contribution in [0.2, 0.25) is 0 Å². The van der Waals surface area contributed by atoms with Gasteiger partial charge in [0, 0.05) is 38.4 Å². The normalized spacial score (nSPS) is 12.4. The zero-order chi connectivity index (χ0) is 35.6. The van der Waals surface area contributed by atoms with Gasteiger partial charge >= 0.3 is 0 Å². The highest BCUT2D eigenvalue weighted by Crippen LogP contribution is 2.41. The average Bonchev–Trinajstić information content (AvgIpc) is 3.75. The quantitative estimate of drug-likeness (QED) is 0.177. The summed E-state index contributed by atoms with van der Waals surface area (Å²) in [5.74, 6) is 0. The number of fused-ring (bicyclic) bond motifs is 6. The first kappa shape index (κ1) is 25.4. The van der Waals surface area contributed by atoms with E-state index in [4.69, 9.17) is 0 Å². The zero-order valence-corrected chi connectivity index (χ0v) is 27.1. The molecule has 10 rings (SSSR count). The van der Waals surface area contributed by atoms with Gasteiger partial charge in [0.15, 0.2) is 0 Å². The summed E-state index contributed by atoms with van der Waals surface area (Å²) in [6.07, 6.45) is 0. The first-order valence-corrected chi connectivity index (χ1v) is 17.0. The summed E-state index contributed by atoms with van der Waals surface area (Å²) >= 11 is 0. The van der Waals surface area contributed by atoms with Gasteiger partial charge in [-0.05, 0) is 70.7 Å². The van der Waals surface area contributed by atoms with Crippen molar-refractivity contribution in [3.8, 4) is 44.8 Å². The molecule has 0 radical (unpaired) electrons. The maximum absolute atomic E-state index is 9.83. The second-order valence-electron chi connectivity index (χ2n) is 12.7. The molecule has 2 aromatic heterocycles. The molecule has 0 saturated heterocycles. The molecule has 0 N–H and O–H groups in total. The SMILES string of the molecule is [2H]c1c(-c2ccc3c(c2)c2cccc(-c4ccccc4)c2n3-c2ccccc2)c([2H])c2c3ccccc3n(-c3ccccc3-c3ccccc3)c2c1[2H]. The Morgan fingerprint density at radius 3 is 1.78 bits per heavy atom. The van der Waals surface area contributed by atoms with Crippen molar-refractivity contribution < 1.29 is 4.11 Å². The fourth-order valence-electron chi connectivity index (χ4n) is 7.61. The largest absolute Gasteiger partial charge is 0.309 e. The first-order valence-electron chi connectivity index (χ1n) is 18.5. The van der Waals surface area contributed by atoms with Crippen LogP contribution in [0.3, 0.4) is 0 Å². The Morgan fingerprint density at radius 1 is 0.360 bits per heavy atom. The third kappa shape index (κ3) is 4.43.